The van der Waals surface area contributed by atoms with Crippen LogP contribution < -0.4 is 4.90 Å². The van der Waals surface area contributed by atoms with E-state index >= 15 is 0 Å². The van der Waals surface area contributed by atoms with E-state index in [1.807, 2.05) is 13.2 Å². The van der Waals surface area contributed by atoms with Gasteiger partial charge in [-0.1, -0.05) is 26.0 Å². The fourth-order valence-corrected chi connectivity index (χ4v) is 2.32. The summed E-state index contributed by atoms with van der Waals surface area (Å²) in [6.07, 6.45) is 3.03. The molecular formula is C17H21BrN2. The smallest absolute Gasteiger partial charge is 0.132 e. The second kappa shape index (κ2) is 6.40. The van der Waals surface area contributed by atoms with Crippen LogP contribution in [0.3, 0.4) is 0 Å². The highest BCUT2D eigenvalue weighted by atomic mass is 79.9. The molecule has 2 rings (SSSR count). The molecule has 0 aliphatic carbocycles. The van der Waals surface area contributed by atoms with Crippen molar-refractivity contribution in [3.05, 3.63) is 52.1 Å². The molecule has 0 fully saturated rings. The molecule has 1 aromatic heterocycles. The van der Waals surface area contributed by atoms with Crippen molar-refractivity contribution in [2.24, 2.45) is 0 Å². The molecule has 0 aliphatic heterocycles. The number of pyridine rings is 1. The number of aryl methyl sites for hydroxylation is 1. The summed E-state index contributed by atoms with van der Waals surface area (Å²) in [6, 6.07) is 10.9. The van der Waals surface area contributed by atoms with Crippen LogP contribution in [0.5, 0.6) is 0 Å². The number of hydrogen-bond acceptors (Lipinski definition) is 2. The van der Waals surface area contributed by atoms with Gasteiger partial charge in [0, 0.05) is 23.4 Å². The zero-order valence-corrected chi connectivity index (χ0v) is 14.1. The Labute approximate surface area is 130 Å². The van der Waals surface area contributed by atoms with Crippen LogP contribution in [-0.4, -0.2) is 12.0 Å². The fourth-order valence-electron chi connectivity index (χ4n) is 2.10. The van der Waals surface area contributed by atoms with Crippen molar-refractivity contribution in [1.82, 2.24) is 4.98 Å². The Hall–Kier alpha value is -1.35. The van der Waals surface area contributed by atoms with Gasteiger partial charge in [0.05, 0.1) is 0 Å². The van der Waals surface area contributed by atoms with Crippen molar-refractivity contribution in [3.63, 3.8) is 0 Å². The van der Waals surface area contributed by atoms with Crippen molar-refractivity contribution in [3.8, 4) is 0 Å². The summed E-state index contributed by atoms with van der Waals surface area (Å²) in [5.41, 5.74) is 3.74. The quantitative estimate of drug-likeness (QED) is 0.741. The van der Waals surface area contributed by atoms with Crippen LogP contribution in [0.1, 0.15) is 37.3 Å². The van der Waals surface area contributed by atoms with E-state index in [0.29, 0.717) is 5.92 Å². The Morgan fingerprint density at radius 2 is 1.90 bits per heavy atom. The minimum absolute atomic E-state index is 0.613. The van der Waals surface area contributed by atoms with Gasteiger partial charge >= 0.3 is 0 Å². The van der Waals surface area contributed by atoms with Gasteiger partial charge in [0.15, 0.2) is 0 Å². The summed E-state index contributed by atoms with van der Waals surface area (Å²) >= 11 is 3.49. The van der Waals surface area contributed by atoms with Gasteiger partial charge in [0.1, 0.15) is 5.82 Å². The zero-order chi connectivity index (χ0) is 14.7. The molecule has 0 amide bonds. The summed E-state index contributed by atoms with van der Waals surface area (Å²) < 4.78 is 1.04. The first-order chi connectivity index (χ1) is 9.52. The maximum absolute atomic E-state index is 4.47. The number of nitrogens with zero attached hydrogens (tertiary/aromatic N) is 2. The van der Waals surface area contributed by atoms with Crippen LogP contribution >= 0.6 is 15.9 Å². The van der Waals surface area contributed by atoms with E-state index in [9.17, 15) is 0 Å². The van der Waals surface area contributed by atoms with Gasteiger partial charge in [-0.3, -0.25) is 0 Å². The van der Waals surface area contributed by atoms with Crippen LogP contribution in [0.4, 0.5) is 11.5 Å². The van der Waals surface area contributed by atoms with E-state index in [0.717, 1.165) is 16.0 Å². The Bertz CT molecular complexity index is 578. The lowest BCUT2D eigenvalue weighted by Gasteiger charge is -2.20. The van der Waals surface area contributed by atoms with Crippen LogP contribution in [0.15, 0.2) is 41.0 Å². The second-order valence-corrected chi connectivity index (χ2v) is 6.11. The van der Waals surface area contributed by atoms with Crippen molar-refractivity contribution in [1.29, 1.82) is 0 Å². The number of hydrogen-bond donors (Lipinski definition) is 0. The lowest BCUT2D eigenvalue weighted by molar-refractivity contribution is 0.733. The summed E-state index contributed by atoms with van der Waals surface area (Å²) in [5.74, 6) is 1.57. The first-order valence-electron chi connectivity index (χ1n) is 6.98. The van der Waals surface area contributed by atoms with Crippen LogP contribution in [-0.2, 0) is 0 Å². The molecule has 1 unspecified atom stereocenters. The van der Waals surface area contributed by atoms with Crippen molar-refractivity contribution in [2.45, 2.75) is 33.1 Å². The summed E-state index contributed by atoms with van der Waals surface area (Å²) in [6.45, 7) is 6.56. The average molecular weight is 333 g/mol. The molecule has 2 nitrogen and oxygen atoms in total. The summed E-state index contributed by atoms with van der Waals surface area (Å²) in [5, 5.41) is 0. The van der Waals surface area contributed by atoms with Crippen LogP contribution in [0.2, 0.25) is 0 Å². The molecule has 20 heavy (non-hydrogen) atoms. The Morgan fingerprint density at radius 1 is 1.25 bits per heavy atom. The molecule has 0 spiro atoms. The van der Waals surface area contributed by atoms with Gasteiger partial charge in [-0.05, 0) is 64.5 Å². The van der Waals surface area contributed by atoms with Crippen LogP contribution in [0.25, 0.3) is 0 Å². The Kier molecular flexibility index (Phi) is 4.81. The Balaban J connectivity index is 2.24. The molecule has 0 aliphatic rings. The van der Waals surface area contributed by atoms with Gasteiger partial charge < -0.3 is 4.90 Å². The summed E-state index contributed by atoms with van der Waals surface area (Å²) in [7, 11) is 2.05. The topological polar surface area (TPSA) is 16.1 Å². The van der Waals surface area contributed by atoms with Crippen molar-refractivity contribution >= 4 is 27.4 Å². The predicted octanol–water partition coefficient (Wildman–Crippen LogP) is 5.43. The largest absolute Gasteiger partial charge is 0.329 e. The third kappa shape index (κ3) is 3.21. The van der Waals surface area contributed by atoms with Gasteiger partial charge in [0.2, 0.25) is 0 Å². The van der Waals surface area contributed by atoms with Crippen molar-refractivity contribution in [2.75, 3.05) is 11.9 Å². The molecule has 1 heterocycles. The third-order valence-corrected chi connectivity index (χ3v) is 4.67. The first kappa shape index (κ1) is 15.0. The second-order valence-electron chi connectivity index (χ2n) is 5.25. The first-order valence-corrected chi connectivity index (χ1v) is 7.78. The van der Waals surface area contributed by atoms with E-state index in [4.69, 9.17) is 0 Å². The van der Waals surface area contributed by atoms with Gasteiger partial charge in [-0.25, -0.2) is 4.98 Å². The standard InChI is InChI=1S/C17H21BrN2/c1-5-12(2)14-6-8-15(9-7-14)20(4)17-10-13(3)16(18)11-19-17/h6-12H,5H2,1-4H3. The molecule has 0 saturated heterocycles. The lowest BCUT2D eigenvalue weighted by atomic mass is 9.98. The number of benzene rings is 1. The molecule has 1 aromatic carbocycles. The molecule has 0 saturated carbocycles. The highest BCUT2D eigenvalue weighted by Crippen LogP contribution is 2.27. The molecule has 106 valence electrons. The molecule has 0 radical (unpaired) electrons. The predicted molar refractivity (Wildman–Crippen MR) is 89.9 cm³/mol. The third-order valence-electron chi connectivity index (χ3n) is 3.84. The SMILES string of the molecule is CCC(C)c1ccc(N(C)c2cc(C)c(Br)cn2)cc1. The van der Waals surface area contributed by atoms with E-state index in [1.54, 1.807) is 0 Å². The van der Waals surface area contributed by atoms with Gasteiger partial charge in [-0.15, -0.1) is 0 Å². The van der Waals surface area contributed by atoms with Gasteiger partial charge in [0.25, 0.3) is 0 Å². The minimum Gasteiger partial charge on any atom is -0.329 e. The average Bonchev–Trinajstić information content (AvgIpc) is 2.48. The maximum Gasteiger partial charge on any atom is 0.132 e. The molecule has 2 aromatic rings. The van der Waals surface area contributed by atoms with Crippen LogP contribution in [0, 0.1) is 6.92 Å². The number of anilines is 2. The highest BCUT2D eigenvalue weighted by Gasteiger charge is 2.08. The zero-order valence-electron chi connectivity index (χ0n) is 12.5. The molecule has 1 atom stereocenters. The minimum atomic E-state index is 0.613. The lowest BCUT2D eigenvalue weighted by Crippen LogP contribution is -2.11. The van der Waals surface area contributed by atoms with E-state index < -0.39 is 0 Å². The molecule has 0 bridgehead atoms. The van der Waals surface area contributed by atoms with E-state index in [2.05, 4.69) is 76.9 Å². The molecule has 0 N–H and O–H groups in total. The Morgan fingerprint density at radius 3 is 2.45 bits per heavy atom. The van der Waals surface area contributed by atoms with Gasteiger partial charge in [-0.2, -0.15) is 0 Å². The fraction of sp³-hybridized carbons (Fsp3) is 0.353. The van der Waals surface area contributed by atoms with Crippen molar-refractivity contribution < 1.29 is 0 Å². The number of aromatic nitrogens is 1. The maximum atomic E-state index is 4.47. The monoisotopic (exact) mass is 332 g/mol. The molecular weight excluding hydrogens is 312 g/mol. The highest BCUT2D eigenvalue weighted by molar-refractivity contribution is 9.10. The normalized spacial score (nSPS) is 12.2. The summed E-state index contributed by atoms with van der Waals surface area (Å²) in [4.78, 5) is 6.58. The van der Waals surface area contributed by atoms with E-state index in [-0.39, 0.29) is 0 Å². The number of halogens is 1. The van der Waals surface area contributed by atoms with E-state index in [1.165, 1.54) is 17.5 Å². The number of rotatable bonds is 4. The molecule has 3 heteroatoms.